The van der Waals surface area contributed by atoms with Crippen LogP contribution in [0, 0.1) is 5.41 Å². The van der Waals surface area contributed by atoms with E-state index in [4.69, 9.17) is 39.5 Å². The van der Waals surface area contributed by atoms with Crippen molar-refractivity contribution in [2.45, 2.75) is 34.9 Å². The van der Waals surface area contributed by atoms with Crippen molar-refractivity contribution >= 4 is 40.8 Å². The Balaban J connectivity index is 1.85. The lowest BCUT2D eigenvalue weighted by Gasteiger charge is -2.47. The highest BCUT2D eigenvalue weighted by atomic mass is 35.5. The van der Waals surface area contributed by atoms with Gasteiger partial charge in [-0.25, -0.2) is 0 Å². The van der Waals surface area contributed by atoms with Crippen LogP contribution in [0.5, 0.6) is 5.75 Å². The first-order valence-electron chi connectivity index (χ1n) is 6.10. The monoisotopic (exact) mass is 317 g/mol. The molecule has 0 amide bonds. The fourth-order valence-electron chi connectivity index (χ4n) is 3.95. The molecule has 1 unspecified atom stereocenters. The molecule has 0 bridgehead atoms. The fraction of sp³-hybridized carbons (Fsp3) is 0.538. The molecule has 1 spiro atoms. The van der Waals surface area contributed by atoms with Crippen LogP contribution in [0.2, 0.25) is 0 Å². The van der Waals surface area contributed by atoms with Crippen molar-refractivity contribution < 1.29 is 9.53 Å². The first-order valence-corrected chi connectivity index (χ1v) is 7.29. The Morgan fingerprint density at radius 1 is 1.53 bits per heavy atom. The summed E-state index contributed by atoms with van der Waals surface area (Å²) in [5.41, 5.74) is 1.55. The minimum absolute atomic E-state index is 0.0752. The van der Waals surface area contributed by atoms with E-state index in [1.54, 1.807) is 12.3 Å². The summed E-state index contributed by atoms with van der Waals surface area (Å²) < 4.78 is 4.47. The number of nitrogens with zero attached hydrogens (tertiary/aromatic N) is 1. The zero-order chi connectivity index (χ0) is 13.6. The van der Waals surface area contributed by atoms with Crippen molar-refractivity contribution in [3.8, 4) is 5.75 Å². The van der Waals surface area contributed by atoms with Crippen LogP contribution in [-0.4, -0.2) is 20.7 Å². The SMILES string of the molecule is CC(=O)Oc1ccnc2c1[C@H]1CC(Cl)(Cl)C13[C@H](Cl)[C@H]23. The van der Waals surface area contributed by atoms with E-state index in [9.17, 15) is 4.79 Å². The van der Waals surface area contributed by atoms with Crippen LogP contribution in [-0.2, 0) is 4.79 Å². The van der Waals surface area contributed by atoms with Gasteiger partial charge in [0.25, 0.3) is 0 Å². The van der Waals surface area contributed by atoms with Gasteiger partial charge in [-0.15, -0.1) is 34.8 Å². The summed E-state index contributed by atoms with van der Waals surface area (Å²) in [6.07, 6.45) is 2.27. The Kier molecular flexibility index (Phi) is 2.18. The third kappa shape index (κ3) is 1.19. The number of ether oxygens (including phenoxy) is 1. The molecule has 0 radical (unpaired) electrons. The maximum Gasteiger partial charge on any atom is 0.308 e. The van der Waals surface area contributed by atoms with Gasteiger partial charge >= 0.3 is 5.97 Å². The molecule has 1 aromatic rings. The third-order valence-corrected chi connectivity index (χ3v) is 6.28. The Hall–Kier alpha value is -0.510. The van der Waals surface area contributed by atoms with Crippen LogP contribution in [0.15, 0.2) is 12.3 Å². The first-order chi connectivity index (χ1) is 8.91. The molecule has 19 heavy (non-hydrogen) atoms. The summed E-state index contributed by atoms with van der Waals surface area (Å²) in [5.74, 6) is 0.455. The van der Waals surface area contributed by atoms with Crippen molar-refractivity contribution in [3.05, 3.63) is 23.5 Å². The molecule has 3 aliphatic rings. The topological polar surface area (TPSA) is 39.2 Å². The van der Waals surface area contributed by atoms with Crippen molar-refractivity contribution in [2.75, 3.05) is 0 Å². The quantitative estimate of drug-likeness (QED) is 0.588. The lowest BCUT2D eigenvalue weighted by Crippen LogP contribution is -2.47. The van der Waals surface area contributed by atoms with Crippen molar-refractivity contribution in [1.29, 1.82) is 0 Å². The molecule has 6 heteroatoms. The average Bonchev–Trinajstić information content (AvgIpc) is 2.86. The second-order valence-electron chi connectivity index (χ2n) is 5.48. The number of aromatic nitrogens is 1. The van der Waals surface area contributed by atoms with Gasteiger partial charge in [-0.05, 0) is 12.5 Å². The van der Waals surface area contributed by atoms with Gasteiger partial charge in [-0.3, -0.25) is 9.78 Å². The van der Waals surface area contributed by atoms with E-state index in [0.29, 0.717) is 12.2 Å². The molecule has 2 fully saturated rings. The highest BCUT2D eigenvalue weighted by Crippen LogP contribution is 2.88. The number of pyridine rings is 1. The molecule has 0 N–H and O–H groups in total. The minimum atomic E-state index is -0.803. The zero-order valence-corrected chi connectivity index (χ0v) is 12.3. The molecular weight excluding hydrogens is 309 g/mol. The number of hydrogen-bond donors (Lipinski definition) is 0. The predicted octanol–water partition coefficient (Wildman–Crippen LogP) is 3.37. The molecule has 0 aliphatic heterocycles. The van der Waals surface area contributed by atoms with Crippen LogP contribution in [0.3, 0.4) is 0 Å². The number of carbonyl (C=O) groups is 1. The molecule has 4 rings (SSSR count). The maximum atomic E-state index is 11.2. The molecule has 3 nitrogen and oxygen atoms in total. The van der Waals surface area contributed by atoms with Gasteiger partial charge in [0.05, 0.1) is 11.1 Å². The summed E-state index contributed by atoms with van der Waals surface area (Å²) in [4.78, 5) is 15.6. The van der Waals surface area contributed by atoms with E-state index in [-0.39, 0.29) is 28.6 Å². The Morgan fingerprint density at radius 2 is 2.26 bits per heavy atom. The third-order valence-electron chi connectivity index (χ3n) is 4.70. The Labute approximate surface area is 125 Å². The van der Waals surface area contributed by atoms with E-state index in [0.717, 1.165) is 11.3 Å². The van der Waals surface area contributed by atoms with E-state index >= 15 is 0 Å². The number of rotatable bonds is 1. The number of alkyl halides is 3. The highest BCUT2D eigenvalue weighted by Gasteiger charge is 2.87. The summed E-state index contributed by atoms with van der Waals surface area (Å²) in [6.45, 7) is 1.39. The smallest absolute Gasteiger partial charge is 0.308 e. The molecule has 0 aromatic carbocycles. The molecule has 1 heterocycles. The van der Waals surface area contributed by atoms with E-state index < -0.39 is 4.33 Å². The highest BCUT2D eigenvalue weighted by molar-refractivity contribution is 6.51. The van der Waals surface area contributed by atoms with E-state index in [1.165, 1.54) is 6.92 Å². The van der Waals surface area contributed by atoms with Gasteiger partial charge < -0.3 is 4.74 Å². The summed E-state index contributed by atoms with van der Waals surface area (Å²) in [7, 11) is 0. The van der Waals surface area contributed by atoms with Crippen LogP contribution in [0.1, 0.15) is 36.4 Å². The minimum Gasteiger partial charge on any atom is -0.426 e. The Bertz CT molecular complexity index is 618. The standard InChI is InChI=1S/C13H10Cl3NO2/c1-5(18)19-7-2-3-17-10-8(7)6-4-12(15,16)13(6)9(10)11(13)14/h2-3,6,9,11H,4H2,1H3/t6-,9+,11-,13?/m1/s1. The van der Waals surface area contributed by atoms with Gasteiger partial charge in [-0.1, -0.05) is 0 Å². The maximum absolute atomic E-state index is 11.2. The molecule has 4 atom stereocenters. The van der Waals surface area contributed by atoms with Gasteiger partial charge in [0, 0.05) is 35.9 Å². The number of fused-ring (bicyclic) bond motifs is 3. The normalized spacial score (nSPS) is 39.7. The van der Waals surface area contributed by atoms with Crippen LogP contribution < -0.4 is 4.74 Å². The molecule has 0 saturated heterocycles. The number of esters is 1. The van der Waals surface area contributed by atoms with E-state index in [2.05, 4.69) is 4.98 Å². The lowest BCUT2D eigenvalue weighted by molar-refractivity contribution is -0.131. The van der Waals surface area contributed by atoms with Crippen molar-refractivity contribution in [2.24, 2.45) is 5.41 Å². The van der Waals surface area contributed by atoms with Crippen LogP contribution >= 0.6 is 34.8 Å². The number of hydrogen-bond acceptors (Lipinski definition) is 3. The molecule has 1 aromatic heterocycles. The Morgan fingerprint density at radius 3 is 2.89 bits per heavy atom. The first kappa shape index (κ1) is 12.2. The largest absolute Gasteiger partial charge is 0.426 e. The van der Waals surface area contributed by atoms with Gasteiger partial charge in [0.15, 0.2) is 0 Å². The predicted molar refractivity (Wildman–Crippen MR) is 72.2 cm³/mol. The number of halogens is 3. The van der Waals surface area contributed by atoms with Gasteiger partial charge in [-0.2, -0.15) is 0 Å². The second kappa shape index (κ2) is 3.38. The zero-order valence-electron chi connectivity index (χ0n) is 9.99. The summed E-state index contributed by atoms with van der Waals surface area (Å²) in [6, 6.07) is 1.71. The fourth-order valence-corrected chi connectivity index (χ4v) is 5.83. The number of carbonyl (C=O) groups excluding carboxylic acids is 1. The van der Waals surface area contributed by atoms with Gasteiger partial charge in [0.1, 0.15) is 10.1 Å². The second-order valence-corrected chi connectivity index (χ2v) is 7.43. The van der Waals surface area contributed by atoms with Crippen LogP contribution in [0.4, 0.5) is 0 Å². The molecule has 3 aliphatic carbocycles. The molecular formula is C13H10Cl3NO2. The summed E-state index contributed by atoms with van der Waals surface area (Å²) in [5, 5.41) is -0.0752. The molecule has 100 valence electrons. The molecule has 2 saturated carbocycles. The van der Waals surface area contributed by atoms with E-state index in [1.807, 2.05) is 0 Å². The van der Waals surface area contributed by atoms with Crippen molar-refractivity contribution in [3.63, 3.8) is 0 Å². The van der Waals surface area contributed by atoms with Crippen LogP contribution in [0.25, 0.3) is 0 Å². The average molecular weight is 319 g/mol. The van der Waals surface area contributed by atoms with Gasteiger partial charge in [0.2, 0.25) is 0 Å². The van der Waals surface area contributed by atoms with Crippen molar-refractivity contribution in [1.82, 2.24) is 4.98 Å². The summed E-state index contributed by atoms with van der Waals surface area (Å²) >= 11 is 19.1. The lowest BCUT2D eigenvalue weighted by atomic mass is 9.68.